The lowest BCUT2D eigenvalue weighted by molar-refractivity contribution is -0.143. The number of halogens is 2. The van der Waals surface area contributed by atoms with E-state index < -0.39 is 24.5 Å². The van der Waals surface area contributed by atoms with Gasteiger partial charge in [-0.1, -0.05) is 47.5 Å². The third-order valence-corrected chi connectivity index (χ3v) is 4.81. The summed E-state index contributed by atoms with van der Waals surface area (Å²) in [5, 5.41) is 3.33. The molecule has 0 saturated carbocycles. The number of rotatable bonds is 6. The number of methoxy groups -OCH3 is 1. The summed E-state index contributed by atoms with van der Waals surface area (Å²) in [6, 6.07) is 11.5. The summed E-state index contributed by atoms with van der Waals surface area (Å²) < 4.78 is 10.3. The Morgan fingerprint density at radius 2 is 1.90 bits per heavy atom. The molecule has 0 aliphatic carbocycles. The molecule has 1 heterocycles. The molecule has 9 heteroatoms. The molecule has 2 aromatic rings. The Bertz CT molecular complexity index is 1010. The maximum atomic E-state index is 12.4. The van der Waals surface area contributed by atoms with Gasteiger partial charge in [0.25, 0.3) is 5.91 Å². The van der Waals surface area contributed by atoms with Gasteiger partial charge in [0, 0.05) is 5.56 Å². The highest BCUT2D eigenvalue weighted by atomic mass is 35.5. The van der Waals surface area contributed by atoms with E-state index in [9.17, 15) is 14.4 Å². The first-order chi connectivity index (χ1) is 13.9. The molecule has 0 spiro atoms. The molecular formula is C20H16Cl2N2O5. The Labute approximate surface area is 176 Å². The number of imide groups is 1. The minimum atomic E-state index is -0.694. The van der Waals surface area contributed by atoms with Crippen molar-refractivity contribution < 1.29 is 23.9 Å². The molecule has 0 unspecified atom stereocenters. The maximum Gasteiger partial charge on any atom is 0.329 e. The van der Waals surface area contributed by atoms with Crippen molar-refractivity contribution >= 4 is 47.2 Å². The molecule has 3 amide bonds. The van der Waals surface area contributed by atoms with Crippen molar-refractivity contribution in [2.45, 2.75) is 6.61 Å². The zero-order valence-electron chi connectivity index (χ0n) is 15.3. The number of nitrogens with zero attached hydrogens (tertiary/aromatic N) is 1. The molecule has 7 nitrogen and oxygen atoms in total. The highest BCUT2D eigenvalue weighted by molar-refractivity contribution is 6.42. The number of amides is 3. The molecule has 150 valence electrons. The van der Waals surface area contributed by atoms with Crippen molar-refractivity contribution in [1.29, 1.82) is 0 Å². The van der Waals surface area contributed by atoms with Crippen molar-refractivity contribution in [3.8, 4) is 5.75 Å². The SMILES string of the molecule is COC(=O)CN1C(=O)N/C(=C/c2ccccc2OCc2ccc(Cl)c(Cl)c2)C1=O. The Hall–Kier alpha value is -3.03. The molecular weight excluding hydrogens is 419 g/mol. The zero-order chi connectivity index (χ0) is 21.0. The fourth-order valence-corrected chi connectivity index (χ4v) is 2.91. The number of esters is 1. The van der Waals surface area contributed by atoms with Crippen LogP contribution in [0.1, 0.15) is 11.1 Å². The van der Waals surface area contributed by atoms with Gasteiger partial charge in [-0.15, -0.1) is 0 Å². The highest BCUT2D eigenvalue weighted by Crippen LogP contribution is 2.26. The molecule has 29 heavy (non-hydrogen) atoms. The Balaban J connectivity index is 1.78. The summed E-state index contributed by atoms with van der Waals surface area (Å²) in [7, 11) is 1.18. The number of para-hydroxylation sites is 1. The van der Waals surface area contributed by atoms with Gasteiger partial charge in [-0.3, -0.25) is 9.59 Å². The van der Waals surface area contributed by atoms with Crippen LogP contribution in [0.2, 0.25) is 10.0 Å². The third kappa shape index (κ3) is 4.88. The average Bonchev–Trinajstić information content (AvgIpc) is 2.97. The summed E-state index contributed by atoms with van der Waals surface area (Å²) in [5.74, 6) is -0.820. The molecule has 1 saturated heterocycles. The van der Waals surface area contributed by atoms with Crippen molar-refractivity contribution in [2.75, 3.05) is 13.7 Å². The first-order valence-corrected chi connectivity index (χ1v) is 9.21. The first kappa shape index (κ1) is 20.7. The molecule has 2 aromatic carbocycles. The zero-order valence-corrected chi connectivity index (χ0v) is 16.8. The largest absolute Gasteiger partial charge is 0.488 e. The fourth-order valence-electron chi connectivity index (χ4n) is 2.59. The normalized spacial score (nSPS) is 14.9. The van der Waals surface area contributed by atoms with E-state index in [0.29, 0.717) is 21.4 Å². The van der Waals surface area contributed by atoms with Crippen molar-refractivity contribution in [3.63, 3.8) is 0 Å². The summed E-state index contributed by atoms with van der Waals surface area (Å²) in [5.41, 5.74) is 1.43. The van der Waals surface area contributed by atoms with Crippen LogP contribution in [-0.2, 0) is 20.9 Å². The van der Waals surface area contributed by atoms with E-state index in [4.69, 9.17) is 27.9 Å². The van der Waals surface area contributed by atoms with E-state index >= 15 is 0 Å². The lowest BCUT2D eigenvalue weighted by Gasteiger charge is -2.10. The molecule has 1 fully saturated rings. The molecule has 0 bridgehead atoms. The van der Waals surface area contributed by atoms with Gasteiger partial charge < -0.3 is 14.8 Å². The van der Waals surface area contributed by atoms with E-state index in [1.165, 1.54) is 13.2 Å². The van der Waals surface area contributed by atoms with Crippen LogP contribution in [0.3, 0.4) is 0 Å². The minimum Gasteiger partial charge on any atom is -0.488 e. The van der Waals surface area contributed by atoms with Gasteiger partial charge in [-0.05, 0) is 29.8 Å². The molecule has 3 rings (SSSR count). The third-order valence-electron chi connectivity index (χ3n) is 4.07. The van der Waals surface area contributed by atoms with Crippen LogP contribution in [0.15, 0.2) is 48.2 Å². The number of hydrogen-bond acceptors (Lipinski definition) is 5. The second-order valence-electron chi connectivity index (χ2n) is 6.03. The number of carbonyl (C=O) groups is 3. The average molecular weight is 435 g/mol. The summed E-state index contributed by atoms with van der Waals surface area (Å²) >= 11 is 11.9. The van der Waals surface area contributed by atoms with E-state index in [-0.39, 0.29) is 12.3 Å². The van der Waals surface area contributed by atoms with Crippen molar-refractivity contribution in [2.24, 2.45) is 0 Å². The van der Waals surface area contributed by atoms with E-state index in [2.05, 4.69) is 10.1 Å². The molecule has 0 atom stereocenters. The van der Waals surface area contributed by atoms with Crippen LogP contribution in [0.5, 0.6) is 5.75 Å². The second-order valence-corrected chi connectivity index (χ2v) is 6.84. The quantitative estimate of drug-likeness (QED) is 0.426. The van der Waals surface area contributed by atoms with Gasteiger partial charge in [0.05, 0.1) is 17.2 Å². The number of hydrogen-bond donors (Lipinski definition) is 1. The predicted octanol–water partition coefficient (Wildman–Crippen LogP) is 3.64. The van der Waals surface area contributed by atoms with Crippen LogP contribution in [0.4, 0.5) is 4.79 Å². The van der Waals surface area contributed by atoms with Gasteiger partial charge in [0.15, 0.2) is 0 Å². The number of benzene rings is 2. The first-order valence-electron chi connectivity index (χ1n) is 8.46. The smallest absolute Gasteiger partial charge is 0.329 e. The lowest BCUT2D eigenvalue weighted by Crippen LogP contribution is -2.36. The van der Waals surface area contributed by atoms with Gasteiger partial charge in [0.2, 0.25) is 0 Å². The Kier molecular flexibility index (Phi) is 6.41. The Morgan fingerprint density at radius 1 is 1.14 bits per heavy atom. The van der Waals surface area contributed by atoms with Gasteiger partial charge >= 0.3 is 12.0 Å². The maximum absolute atomic E-state index is 12.4. The van der Waals surface area contributed by atoms with Crippen LogP contribution in [-0.4, -0.2) is 36.5 Å². The molecule has 1 N–H and O–H groups in total. The van der Waals surface area contributed by atoms with Gasteiger partial charge in [0.1, 0.15) is 24.6 Å². The second kappa shape index (κ2) is 8.98. The topological polar surface area (TPSA) is 84.9 Å². The van der Waals surface area contributed by atoms with Crippen LogP contribution < -0.4 is 10.1 Å². The Morgan fingerprint density at radius 3 is 2.62 bits per heavy atom. The number of carbonyl (C=O) groups excluding carboxylic acids is 3. The lowest BCUT2D eigenvalue weighted by atomic mass is 10.1. The van der Waals surface area contributed by atoms with E-state index in [1.54, 1.807) is 42.5 Å². The number of ether oxygens (including phenoxy) is 2. The molecule has 1 aliphatic heterocycles. The predicted molar refractivity (Wildman–Crippen MR) is 107 cm³/mol. The fraction of sp³-hybridized carbons (Fsp3) is 0.150. The molecule has 0 aromatic heterocycles. The van der Waals surface area contributed by atoms with Crippen LogP contribution >= 0.6 is 23.2 Å². The minimum absolute atomic E-state index is 0.0319. The van der Waals surface area contributed by atoms with Gasteiger partial charge in [-0.2, -0.15) is 0 Å². The molecule has 1 aliphatic rings. The van der Waals surface area contributed by atoms with E-state index in [0.717, 1.165) is 10.5 Å². The van der Waals surface area contributed by atoms with Crippen molar-refractivity contribution in [3.05, 3.63) is 69.3 Å². The number of urea groups is 1. The van der Waals surface area contributed by atoms with Crippen molar-refractivity contribution in [1.82, 2.24) is 10.2 Å². The van der Waals surface area contributed by atoms with Gasteiger partial charge in [-0.25, -0.2) is 9.69 Å². The molecule has 0 radical (unpaired) electrons. The summed E-state index contributed by atoms with van der Waals surface area (Å²) in [4.78, 5) is 36.6. The summed E-state index contributed by atoms with van der Waals surface area (Å²) in [6.45, 7) is -0.236. The summed E-state index contributed by atoms with van der Waals surface area (Å²) in [6.07, 6.45) is 1.49. The monoisotopic (exact) mass is 434 g/mol. The standard InChI is InChI=1S/C20H16Cl2N2O5/c1-28-18(25)10-24-19(26)16(23-20(24)27)9-13-4-2-3-5-17(13)29-11-12-6-7-14(21)15(22)8-12/h2-9H,10-11H2,1H3,(H,23,27)/b16-9+. The highest BCUT2D eigenvalue weighted by Gasteiger charge is 2.35. The van der Waals surface area contributed by atoms with E-state index in [1.807, 2.05) is 0 Å². The van der Waals surface area contributed by atoms with Crippen LogP contribution in [0.25, 0.3) is 6.08 Å². The van der Waals surface area contributed by atoms with Crippen LogP contribution in [0, 0.1) is 0 Å². The number of nitrogens with one attached hydrogen (secondary N) is 1.